The van der Waals surface area contributed by atoms with Gasteiger partial charge in [0.15, 0.2) is 11.5 Å². The number of rotatable bonds is 4. The molecule has 6 nitrogen and oxygen atoms in total. The summed E-state index contributed by atoms with van der Waals surface area (Å²) in [6.07, 6.45) is 2.03. The highest BCUT2D eigenvalue weighted by Crippen LogP contribution is 2.47. The SMILES string of the molecule is CN1/C(=C\C(C[N+](=O)[O-])c2ccc3c(c2)OCO3)C(C)(C)c2ccccc21. The van der Waals surface area contributed by atoms with E-state index in [0.29, 0.717) is 11.5 Å². The van der Waals surface area contributed by atoms with Crippen LogP contribution in [0.1, 0.15) is 30.9 Å². The molecule has 2 aliphatic rings. The minimum absolute atomic E-state index is 0.177. The summed E-state index contributed by atoms with van der Waals surface area (Å²) in [6, 6.07) is 13.8. The van der Waals surface area contributed by atoms with Gasteiger partial charge in [0, 0.05) is 28.8 Å². The Balaban J connectivity index is 1.77. The summed E-state index contributed by atoms with van der Waals surface area (Å²) in [5.41, 5.74) is 4.05. The molecule has 1 atom stereocenters. The van der Waals surface area contributed by atoms with Gasteiger partial charge in [-0.1, -0.05) is 44.2 Å². The lowest BCUT2D eigenvalue weighted by Crippen LogP contribution is -2.25. The van der Waals surface area contributed by atoms with Gasteiger partial charge in [-0.3, -0.25) is 10.1 Å². The molecule has 2 aromatic carbocycles. The van der Waals surface area contributed by atoms with Gasteiger partial charge in [-0.25, -0.2) is 0 Å². The first-order valence-electron chi connectivity index (χ1n) is 8.95. The van der Waals surface area contributed by atoms with Crippen LogP contribution in [0.15, 0.2) is 54.2 Å². The molecule has 140 valence electrons. The zero-order valence-corrected chi connectivity index (χ0v) is 15.6. The van der Waals surface area contributed by atoms with E-state index in [4.69, 9.17) is 9.47 Å². The maximum Gasteiger partial charge on any atom is 0.231 e. The third-order valence-corrected chi connectivity index (χ3v) is 5.47. The quantitative estimate of drug-likeness (QED) is 0.602. The average Bonchev–Trinajstić information content (AvgIpc) is 3.18. The van der Waals surface area contributed by atoms with Crippen LogP contribution in [-0.4, -0.2) is 25.3 Å². The number of benzene rings is 2. The van der Waals surface area contributed by atoms with Crippen molar-refractivity contribution in [2.45, 2.75) is 25.2 Å². The fourth-order valence-corrected chi connectivity index (χ4v) is 4.05. The van der Waals surface area contributed by atoms with Gasteiger partial charge < -0.3 is 14.4 Å². The number of hydrogen-bond acceptors (Lipinski definition) is 5. The molecule has 6 heteroatoms. The van der Waals surface area contributed by atoms with Gasteiger partial charge in [-0.05, 0) is 29.3 Å². The van der Waals surface area contributed by atoms with Gasteiger partial charge >= 0.3 is 0 Å². The number of para-hydroxylation sites is 1. The highest BCUT2D eigenvalue weighted by Gasteiger charge is 2.39. The fourth-order valence-electron chi connectivity index (χ4n) is 4.05. The van der Waals surface area contributed by atoms with E-state index in [1.54, 1.807) is 0 Å². The van der Waals surface area contributed by atoms with Crippen LogP contribution in [0.2, 0.25) is 0 Å². The molecule has 0 radical (unpaired) electrons. The number of allylic oxidation sites excluding steroid dienone is 1. The van der Waals surface area contributed by atoms with Gasteiger partial charge in [-0.2, -0.15) is 0 Å². The fraction of sp³-hybridized carbons (Fsp3) is 0.333. The predicted molar refractivity (Wildman–Crippen MR) is 103 cm³/mol. The molecule has 0 spiro atoms. The Kier molecular flexibility index (Phi) is 4.06. The van der Waals surface area contributed by atoms with Gasteiger partial charge in [0.2, 0.25) is 13.3 Å². The second kappa shape index (κ2) is 6.30. The Morgan fingerprint density at radius 1 is 1.22 bits per heavy atom. The number of anilines is 1. The third kappa shape index (κ3) is 2.91. The van der Waals surface area contributed by atoms with Gasteiger partial charge in [-0.15, -0.1) is 0 Å². The average molecular weight is 366 g/mol. The van der Waals surface area contributed by atoms with Crippen molar-refractivity contribution in [2.75, 3.05) is 25.3 Å². The Morgan fingerprint density at radius 3 is 2.70 bits per heavy atom. The molecule has 0 saturated heterocycles. The molecule has 0 N–H and O–H groups in total. The molecule has 2 aliphatic heterocycles. The molecule has 4 rings (SSSR count). The minimum Gasteiger partial charge on any atom is -0.454 e. The van der Waals surface area contributed by atoms with Crippen LogP contribution >= 0.6 is 0 Å². The van der Waals surface area contributed by atoms with Crippen molar-refractivity contribution < 1.29 is 14.4 Å². The monoisotopic (exact) mass is 366 g/mol. The normalized spacial score (nSPS) is 19.2. The number of ether oxygens (including phenoxy) is 2. The number of nitro groups is 1. The molecular weight excluding hydrogens is 344 g/mol. The van der Waals surface area contributed by atoms with Crippen molar-refractivity contribution in [3.63, 3.8) is 0 Å². The Morgan fingerprint density at radius 2 is 1.96 bits per heavy atom. The number of hydrogen-bond donors (Lipinski definition) is 0. The summed E-state index contributed by atoms with van der Waals surface area (Å²) in [5.74, 6) is 0.957. The molecule has 1 unspecified atom stereocenters. The first-order chi connectivity index (χ1) is 12.9. The van der Waals surface area contributed by atoms with E-state index < -0.39 is 0 Å². The predicted octanol–water partition coefficient (Wildman–Crippen LogP) is 4.09. The van der Waals surface area contributed by atoms with E-state index in [2.05, 4.69) is 30.9 Å². The molecule has 0 bridgehead atoms. The van der Waals surface area contributed by atoms with Crippen molar-refractivity contribution >= 4 is 5.69 Å². The Labute approximate surface area is 158 Å². The lowest BCUT2D eigenvalue weighted by atomic mass is 9.82. The molecular formula is C21H22N2O4. The highest BCUT2D eigenvalue weighted by atomic mass is 16.7. The standard InChI is InChI=1S/C21H22N2O4/c1-21(2)16-6-4-5-7-17(16)22(3)20(21)11-15(12-23(24)25)14-8-9-18-19(10-14)27-13-26-18/h4-11,15H,12-13H2,1-3H3/b20-11-. The first kappa shape index (κ1) is 17.4. The van der Waals surface area contributed by atoms with E-state index in [1.165, 1.54) is 5.56 Å². The zero-order chi connectivity index (χ0) is 19.2. The van der Waals surface area contributed by atoms with Crippen molar-refractivity contribution in [1.29, 1.82) is 0 Å². The third-order valence-electron chi connectivity index (χ3n) is 5.47. The van der Waals surface area contributed by atoms with Gasteiger partial charge in [0.05, 0.1) is 5.92 Å². The summed E-state index contributed by atoms with van der Waals surface area (Å²) in [5, 5.41) is 11.4. The molecule has 0 amide bonds. The number of nitrogens with zero attached hydrogens (tertiary/aromatic N) is 2. The second-order valence-corrected chi connectivity index (χ2v) is 7.49. The van der Waals surface area contributed by atoms with E-state index in [1.807, 2.05) is 43.5 Å². The van der Waals surface area contributed by atoms with Crippen LogP contribution in [0.4, 0.5) is 5.69 Å². The van der Waals surface area contributed by atoms with E-state index in [-0.39, 0.29) is 29.6 Å². The highest BCUT2D eigenvalue weighted by molar-refractivity contribution is 5.70. The van der Waals surface area contributed by atoms with E-state index >= 15 is 0 Å². The van der Waals surface area contributed by atoms with Crippen molar-refractivity contribution in [1.82, 2.24) is 0 Å². The molecule has 2 heterocycles. The molecule has 0 aromatic heterocycles. The van der Waals surface area contributed by atoms with E-state index in [0.717, 1.165) is 16.9 Å². The van der Waals surface area contributed by atoms with Crippen molar-refractivity contribution in [3.8, 4) is 11.5 Å². The number of likely N-dealkylation sites (N-methyl/N-ethyl adjacent to an activating group) is 1. The minimum atomic E-state index is -0.361. The number of fused-ring (bicyclic) bond motifs is 2. The summed E-state index contributed by atoms with van der Waals surface area (Å²) >= 11 is 0. The smallest absolute Gasteiger partial charge is 0.231 e. The van der Waals surface area contributed by atoms with Crippen LogP contribution in [0.3, 0.4) is 0 Å². The lowest BCUT2D eigenvalue weighted by molar-refractivity contribution is -0.481. The summed E-state index contributed by atoms with van der Waals surface area (Å²) in [7, 11) is 2.02. The van der Waals surface area contributed by atoms with Crippen LogP contribution in [0, 0.1) is 10.1 Å². The summed E-state index contributed by atoms with van der Waals surface area (Å²) in [6.45, 7) is 4.32. The second-order valence-electron chi connectivity index (χ2n) is 7.49. The van der Waals surface area contributed by atoms with Gasteiger partial charge in [0.1, 0.15) is 0 Å². The largest absolute Gasteiger partial charge is 0.454 e. The Bertz CT molecular complexity index is 936. The molecule has 27 heavy (non-hydrogen) atoms. The summed E-state index contributed by atoms with van der Waals surface area (Å²) in [4.78, 5) is 13.2. The van der Waals surface area contributed by atoms with Crippen LogP contribution in [0.5, 0.6) is 11.5 Å². The van der Waals surface area contributed by atoms with Crippen LogP contribution in [0.25, 0.3) is 0 Å². The van der Waals surface area contributed by atoms with Crippen molar-refractivity contribution in [2.24, 2.45) is 0 Å². The van der Waals surface area contributed by atoms with Crippen LogP contribution < -0.4 is 14.4 Å². The Hall–Kier alpha value is -3.02. The molecule has 0 saturated carbocycles. The summed E-state index contributed by atoms with van der Waals surface area (Å²) < 4.78 is 10.8. The molecule has 0 fully saturated rings. The lowest BCUT2D eigenvalue weighted by Gasteiger charge is -2.26. The van der Waals surface area contributed by atoms with E-state index in [9.17, 15) is 10.1 Å². The van der Waals surface area contributed by atoms with Gasteiger partial charge in [0.25, 0.3) is 0 Å². The maximum atomic E-state index is 11.4. The van der Waals surface area contributed by atoms with Crippen molar-refractivity contribution in [3.05, 3.63) is 75.5 Å². The maximum absolute atomic E-state index is 11.4. The topological polar surface area (TPSA) is 64.8 Å². The zero-order valence-electron chi connectivity index (χ0n) is 15.6. The molecule has 2 aromatic rings. The molecule has 0 aliphatic carbocycles. The van der Waals surface area contributed by atoms with Crippen LogP contribution in [-0.2, 0) is 5.41 Å². The first-order valence-corrected chi connectivity index (χ1v) is 8.95.